The number of alkyl halides is 3. The van der Waals surface area contributed by atoms with Gasteiger partial charge in [0.1, 0.15) is 5.54 Å². The molecule has 0 bridgehead atoms. The van der Waals surface area contributed by atoms with E-state index in [1.807, 2.05) is 13.8 Å². The number of hydrogen-bond donors (Lipinski definition) is 2. The molecule has 0 aromatic rings. The summed E-state index contributed by atoms with van der Waals surface area (Å²) < 4.78 is 36.5. The molecule has 1 aliphatic rings. The van der Waals surface area contributed by atoms with Crippen LogP contribution in [0.2, 0.25) is 0 Å². The van der Waals surface area contributed by atoms with E-state index in [1.54, 1.807) is 0 Å². The van der Waals surface area contributed by atoms with Crippen molar-refractivity contribution >= 4 is 5.97 Å². The molecule has 4 nitrogen and oxygen atoms in total. The lowest BCUT2D eigenvalue weighted by atomic mass is 9.87. The minimum atomic E-state index is -4.39. The average molecular weight is 268 g/mol. The number of hydrogen-bond acceptors (Lipinski definition) is 3. The lowest BCUT2D eigenvalue weighted by Crippen LogP contribution is -2.60. The van der Waals surface area contributed by atoms with Crippen molar-refractivity contribution in [2.75, 3.05) is 19.6 Å². The van der Waals surface area contributed by atoms with Crippen LogP contribution in [0.25, 0.3) is 0 Å². The molecular formula is C11H19F3N2O2. The van der Waals surface area contributed by atoms with E-state index in [0.717, 1.165) is 0 Å². The van der Waals surface area contributed by atoms with Crippen LogP contribution in [0.15, 0.2) is 0 Å². The lowest BCUT2D eigenvalue weighted by molar-refractivity contribution is -0.153. The smallest absolute Gasteiger partial charge is 0.401 e. The maximum atomic E-state index is 12.2. The van der Waals surface area contributed by atoms with Gasteiger partial charge >= 0.3 is 12.1 Å². The van der Waals surface area contributed by atoms with Gasteiger partial charge in [-0.1, -0.05) is 0 Å². The Hall–Kier alpha value is -0.820. The van der Waals surface area contributed by atoms with Crippen LogP contribution in [-0.4, -0.2) is 53.4 Å². The molecule has 1 rings (SSSR count). The minimum Gasteiger partial charge on any atom is -0.480 e. The van der Waals surface area contributed by atoms with E-state index in [2.05, 4.69) is 10.2 Å². The third-order valence-electron chi connectivity index (χ3n) is 3.42. The Morgan fingerprint density at radius 1 is 1.39 bits per heavy atom. The SMILES string of the molecule is CC(C)N1CCC(NCC(F)(F)F)(C(=O)O)CC1. The fourth-order valence-corrected chi connectivity index (χ4v) is 2.16. The monoisotopic (exact) mass is 268 g/mol. The summed E-state index contributed by atoms with van der Waals surface area (Å²) in [7, 11) is 0. The summed E-state index contributed by atoms with van der Waals surface area (Å²) >= 11 is 0. The van der Waals surface area contributed by atoms with Crippen LogP contribution in [0.3, 0.4) is 0 Å². The van der Waals surface area contributed by atoms with Gasteiger partial charge in [-0.15, -0.1) is 0 Å². The number of halogens is 3. The average Bonchev–Trinajstić information content (AvgIpc) is 2.25. The zero-order valence-corrected chi connectivity index (χ0v) is 10.5. The van der Waals surface area contributed by atoms with Gasteiger partial charge in [-0.3, -0.25) is 10.1 Å². The van der Waals surface area contributed by atoms with Gasteiger partial charge in [-0.25, -0.2) is 0 Å². The highest BCUT2D eigenvalue weighted by molar-refractivity contribution is 5.79. The van der Waals surface area contributed by atoms with Crippen molar-refractivity contribution in [1.29, 1.82) is 0 Å². The van der Waals surface area contributed by atoms with Gasteiger partial charge < -0.3 is 10.0 Å². The molecule has 1 fully saturated rings. The quantitative estimate of drug-likeness (QED) is 0.810. The first-order valence-corrected chi connectivity index (χ1v) is 5.95. The van der Waals surface area contributed by atoms with E-state index in [9.17, 15) is 18.0 Å². The van der Waals surface area contributed by atoms with Crippen LogP contribution in [0.5, 0.6) is 0 Å². The van der Waals surface area contributed by atoms with Crippen LogP contribution in [0.1, 0.15) is 26.7 Å². The van der Waals surface area contributed by atoms with E-state index in [4.69, 9.17) is 5.11 Å². The second kappa shape index (κ2) is 5.44. The van der Waals surface area contributed by atoms with Crippen molar-refractivity contribution in [2.24, 2.45) is 0 Å². The fraction of sp³-hybridized carbons (Fsp3) is 0.909. The molecule has 0 radical (unpaired) electrons. The Kier molecular flexibility index (Phi) is 4.61. The summed E-state index contributed by atoms with van der Waals surface area (Å²) in [5, 5.41) is 11.3. The van der Waals surface area contributed by atoms with Gasteiger partial charge in [-0.2, -0.15) is 13.2 Å². The molecule has 1 aliphatic heterocycles. The Morgan fingerprint density at radius 2 is 1.89 bits per heavy atom. The van der Waals surface area contributed by atoms with Crippen molar-refractivity contribution in [3.63, 3.8) is 0 Å². The molecule has 106 valence electrons. The van der Waals surface area contributed by atoms with E-state index >= 15 is 0 Å². The molecule has 0 saturated carbocycles. The normalized spacial score (nSPS) is 21.2. The molecule has 0 aliphatic carbocycles. The zero-order chi connectivity index (χ0) is 14.0. The van der Waals surface area contributed by atoms with Crippen molar-refractivity contribution < 1.29 is 23.1 Å². The molecule has 0 atom stereocenters. The first-order valence-electron chi connectivity index (χ1n) is 5.95. The zero-order valence-electron chi connectivity index (χ0n) is 10.5. The third kappa shape index (κ3) is 3.84. The lowest BCUT2D eigenvalue weighted by Gasteiger charge is -2.41. The first kappa shape index (κ1) is 15.2. The summed E-state index contributed by atoms with van der Waals surface area (Å²) in [6.45, 7) is 3.69. The predicted octanol–water partition coefficient (Wildman–Crippen LogP) is 1.47. The Labute approximate surface area is 104 Å². The predicted molar refractivity (Wildman–Crippen MR) is 60.4 cm³/mol. The molecule has 0 spiro atoms. The molecule has 1 heterocycles. The number of piperidine rings is 1. The maximum Gasteiger partial charge on any atom is 0.401 e. The summed E-state index contributed by atoms with van der Waals surface area (Å²) in [6.07, 6.45) is -4.01. The molecule has 7 heteroatoms. The van der Waals surface area contributed by atoms with E-state index in [-0.39, 0.29) is 18.9 Å². The van der Waals surface area contributed by atoms with E-state index < -0.39 is 24.2 Å². The molecule has 1 saturated heterocycles. The van der Waals surface area contributed by atoms with E-state index in [0.29, 0.717) is 13.1 Å². The number of carbonyl (C=O) groups is 1. The standard InChI is InChI=1S/C11H19F3N2O2/c1-8(2)16-5-3-10(4-6-16,9(17)18)15-7-11(12,13)14/h8,15H,3-7H2,1-2H3,(H,17,18). The Morgan fingerprint density at radius 3 is 2.22 bits per heavy atom. The summed E-state index contributed by atoms with van der Waals surface area (Å²) in [6, 6.07) is 0.277. The molecule has 0 aromatic heterocycles. The number of likely N-dealkylation sites (tertiary alicyclic amines) is 1. The number of carboxylic acids is 1. The van der Waals surface area contributed by atoms with Crippen molar-refractivity contribution in [2.45, 2.75) is 44.4 Å². The van der Waals surface area contributed by atoms with Gasteiger partial charge in [0.25, 0.3) is 0 Å². The Bertz CT molecular complexity index is 297. The molecule has 18 heavy (non-hydrogen) atoms. The van der Waals surface area contributed by atoms with Crippen molar-refractivity contribution in [1.82, 2.24) is 10.2 Å². The second-order valence-corrected chi connectivity index (χ2v) is 4.99. The molecule has 2 N–H and O–H groups in total. The molecule has 0 unspecified atom stereocenters. The molecular weight excluding hydrogens is 249 g/mol. The highest BCUT2D eigenvalue weighted by Gasteiger charge is 2.44. The van der Waals surface area contributed by atoms with Gasteiger partial charge in [0.05, 0.1) is 6.54 Å². The summed E-state index contributed by atoms with van der Waals surface area (Å²) in [5.74, 6) is -1.20. The third-order valence-corrected chi connectivity index (χ3v) is 3.42. The van der Waals surface area contributed by atoms with Gasteiger partial charge in [-0.05, 0) is 26.7 Å². The molecule has 0 amide bonds. The summed E-state index contributed by atoms with van der Waals surface area (Å²) in [4.78, 5) is 13.3. The topological polar surface area (TPSA) is 52.6 Å². The van der Waals surface area contributed by atoms with Crippen LogP contribution in [0, 0.1) is 0 Å². The maximum absolute atomic E-state index is 12.2. The number of nitrogens with zero attached hydrogens (tertiary/aromatic N) is 1. The number of rotatable bonds is 4. The highest BCUT2D eigenvalue weighted by Crippen LogP contribution is 2.25. The number of aliphatic carboxylic acids is 1. The Balaban J connectivity index is 2.65. The first-order chi connectivity index (χ1) is 8.16. The van der Waals surface area contributed by atoms with Crippen LogP contribution >= 0.6 is 0 Å². The van der Waals surface area contributed by atoms with Gasteiger partial charge in [0.2, 0.25) is 0 Å². The molecule has 0 aromatic carbocycles. The van der Waals surface area contributed by atoms with Crippen molar-refractivity contribution in [3.05, 3.63) is 0 Å². The fourth-order valence-electron chi connectivity index (χ4n) is 2.16. The second-order valence-electron chi connectivity index (χ2n) is 4.99. The highest BCUT2D eigenvalue weighted by atomic mass is 19.4. The van der Waals surface area contributed by atoms with Gasteiger partial charge in [0, 0.05) is 19.1 Å². The summed E-state index contributed by atoms with van der Waals surface area (Å²) in [5.41, 5.74) is -1.44. The largest absolute Gasteiger partial charge is 0.480 e. The number of nitrogens with one attached hydrogen (secondary N) is 1. The van der Waals surface area contributed by atoms with Crippen LogP contribution in [0.4, 0.5) is 13.2 Å². The van der Waals surface area contributed by atoms with Gasteiger partial charge in [0.15, 0.2) is 0 Å². The van der Waals surface area contributed by atoms with Crippen molar-refractivity contribution in [3.8, 4) is 0 Å². The van der Waals surface area contributed by atoms with Crippen LogP contribution in [-0.2, 0) is 4.79 Å². The van der Waals surface area contributed by atoms with E-state index in [1.165, 1.54) is 0 Å². The van der Waals surface area contributed by atoms with Crippen LogP contribution < -0.4 is 5.32 Å². The minimum absolute atomic E-state index is 0.191. The number of carboxylic acid groups (broad SMARTS) is 1.